The molecule has 0 spiro atoms. The number of ketones is 1. The lowest BCUT2D eigenvalue weighted by Gasteiger charge is -2.21. The molecule has 1 unspecified atom stereocenters. The first kappa shape index (κ1) is 9.68. The first-order chi connectivity index (χ1) is 5.57. The van der Waals surface area contributed by atoms with Gasteiger partial charge in [-0.2, -0.15) is 0 Å². The maximum absolute atomic E-state index is 11.2. The monoisotopic (exact) mass is 230 g/mol. The molecule has 0 bridgehead atoms. The third-order valence-electron chi connectivity index (χ3n) is 1.98. The van der Waals surface area contributed by atoms with Crippen LogP contribution in [0.25, 0.3) is 0 Å². The van der Waals surface area contributed by atoms with Crippen molar-refractivity contribution in [1.82, 2.24) is 0 Å². The Bertz CT molecular complexity index is 255. The molecular formula is C9H11BrO2. The zero-order valence-corrected chi connectivity index (χ0v) is 8.72. The molecule has 0 aromatic heterocycles. The van der Waals surface area contributed by atoms with Crippen LogP contribution in [0.5, 0.6) is 0 Å². The molecule has 12 heavy (non-hydrogen) atoms. The largest absolute Gasteiger partial charge is 0.374 e. The second kappa shape index (κ2) is 3.54. The van der Waals surface area contributed by atoms with Crippen LogP contribution in [0.15, 0.2) is 22.7 Å². The van der Waals surface area contributed by atoms with E-state index < -0.39 is 0 Å². The lowest BCUT2D eigenvalue weighted by atomic mass is 10.0. The number of halogens is 1. The molecule has 0 N–H and O–H groups in total. The number of rotatable bonds is 1. The van der Waals surface area contributed by atoms with E-state index in [4.69, 9.17) is 4.74 Å². The maximum Gasteiger partial charge on any atom is 0.192 e. The Hall–Kier alpha value is -0.410. The lowest BCUT2D eigenvalue weighted by molar-refractivity contribution is -0.110. The summed E-state index contributed by atoms with van der Waals surface area (Å²) in [7, 11) is 1.64. The summed E-state index contributed by atoms with van der Waals surface area (Å²) in [6.45, 7) is 1.94. The van der Waals surface area contributed by atoms with Crippen LogP contribution in [0.2, 0.25) is 0 Å². The average Bonchev–Trinajstić information content (AvgIpc) is 2.20. The van der Waals surface area contributed by atoms with Gasteiger partial charge in [-0.1, -0.05) is 6.08 Å². The van der Waals surface area contributed by atoms with Gasteiger partial charge in [-0.05, 0) is 41.4 Å². The fourth-order valence-corrected chi connectivity index (χ4v) is 1.24. The highest BCUT2D eigenvalue weighted by atomic mass is 79.9. The molecule has 0 fully saturated rings. The van der Waals surface area contributed by atoms with Crippen molar-refractivity contribution in [2.45, 2.75) is 18.9 Å². The van der Waals surface area contributed by atoms with Crippen LogP contribution < -0.4 is 0 Å². The van der Waals surface area contributed by atoms with Gasteiger partial charge in [0.15, 0.2) is 5.78 Å². The van der Waals surface area contributed by atoms with E-state index in [9.17, 15) is 4.79 Å². The van der Waals surface area contributed by atoms with Crippen molar-refractivity contribution in [2.75, 3.05) is 7.11 Å². The minimum atomic E-state index is -0.342. The van der Waals surface area contributed by atoms with Crippen LogP contribution in [0.4, 0.5) is 0 Å². The summed E-state index contributed by atoms with van der Waals surface area (Å²) in [4.78, 5) is 11.2. The van der Waals surface area contributed by atoms with E-state index in [1.54, 1.807) is 13.2 Å². The SMILES string of the molecule is COC1(C)C=CC(=O)C(Br)=CC1. The summed E-state index contributed by atoms with van der Waals surface area (Å²) in [5, 5.41) is 0. The van der Waals surface area contributed by atoms with Gasteiger partial charge < -0.3 is 4.74 Å². The Morgan fingerprint density at radius 2 is 2.33 bits per heavy atom. The number of carbonyl (C=O) groups excluding carboxylic acids is 1. The smallest absolute Gasteiger partial charge is 0.192 e. The van der Waals surface area contributed by atoms with E-state index in [0.717, 1.165) is 0 Å². The van der Waals surface area contributed by atoms with Crippen LogP contribution in [-0.4, -0.2) is 18.5 Å². The zero-order chi connectivity index (χ0) is 9.19. The van der Waals surface area contributed by atoms with Gasteiger partial charge in [-0.3, -0.25) is 4.79 Å². The molecule has 0 radical (unpaired) electrons. The molecule has 0 amide bonds. The molecule has 1 aliphatic carbocycles. The number of hydrogen-bond acceptors (Lipinski definition) is 2. The van der Waals surface area contributed by atoms with Crippen LogP contribution in [0, 0.1) is 0 Å². The number of carbonyl (C=O) groups is 1. The van der Waals surface area contributed by atoms with Crippen LogP contribution in [0.3, 0.4) is 0 Å². The van der Waals surface area contributed by atoms with Crippen LogP contribution in [0.1, 0.15) is 13.3 Å². The highest BCUT2D eigenvalue weighted by Gasteiger charge is 2.22. The normalized spacial score (nSPS) is 29.9. The van der Waals surface area contributed by atoms with Gasteiger partial charge in [0.2, 0.25) is 0 Å². The predicted molar refractivity (Wildman–Crippen MR) is 51.2 cm³/mol. The van der Waals surface area contributed by atoms with Gasteiger partial charge in [-0.15, -0.1) is 0 Å². The standard InChI is InChI=1S/C9H11BrO2/c1-9(12-2)5-3-7(10)8(11)4-6-9/h3-4,6H,5H2,1-2H3. The third-order valence-corrected chi connectivity index (χ3v) is 2.69. The van der Waals surface area contributed by atoms with Gasteiger partial charge in [0.1, 0.15) is 0 Å². The van der Waals surface area contributed by atoms with Crippen molar-refractivity contribution in [3.63, 3.8) is 0 Å². The Morgan fingerprint density at radius 1 is 1.67 bits per heavy atom. The van der Waals surface area contributed by atoms with Crippen molar-refractivity contribution in [1.29, 1.82) is 0 Å². The molecule has 0 heterocycles. The maximum atomic E-state index is 11.2. The summed E-state index contributed by atoms with van der Waals surface area (Å²) in [6, 6.07) is 0. The third kappa shape index (κ3) is 2.05. The molecule has 1 aliphatic rings. The first-order valence-electron chi connectivity index (χ1n) is 3.72. The van der Waals surface area contributed by atoms with E-state index in [1.807, 2.05) is 13.0 Å². The Labute approximate surface area is 80.4 Å². The quantitative estimate of drug-likeness (QED) is 0.691. The summed E-state index contributed by atoms with van der Waals surface area (Å²) in [6.07, 6.45) is 5.88. The van der Waals surface area contributed by atoms with Crippen molar-refractivity contribution in [3.05, 3.63) is 22.7 Å². The minimum absolute atomic E-state index is 0.00391. The molecule has 0 aromatic rings. The summed E-state index contributed by atoms with van der Waals surface area (Å²) in [5.74, 6) is -0.00391. The molecule has 1 atom stereocenters. The van der Waals surface area contributed by atoms with E-state index in [1.165, 1.54) is 6.08 Å². The molecule has 66 valence electrons. The van der Waals surface area contributed by atoms with Gasteiger partial charge >= 0.3 is 0 Å². The molecule has 0 aliphatic heterocycles. The van der Waals surface area contributed by atoms with Gasteiger partial charge in [0.25, 0.3) is 0 Å². The molecule has 0 aromatic carbocycles. The fraction of sp³-hybridized carbons (Fsp3) is 0.444. The Balaban J connectivity index is 2.91. The predicted octanol–water partition coefficient (Wildman–Crippen LogP) is 2.20. The van der Waals surface area contributed by atoms with E-state index >= 15 is 0 Å². The van der Waals surface area contributed by atoms with Gasteiger partial charge in [-0.25, -0.2) is 0 Å². The van der Waals surface area contributed by atoms with Crippen LogP contribution >= 0.6 is 15.9 Å². The lowest BCUT2D eigenvalue weighted by Crippen LogP contribution is -2.22. The number of ether oxygens (including phenoxy) is 1. The van der Waals surface area contributed by atoms with Crippen LogP contribution in [-0.2, 0) is 9.53 Å². The zero-order valence-electron chi connectivity index (χ0n) is 7.13. The molecule has 2 nitrogen and oxygen atoms in total. The number of hydrogen-bond donors (Lipinski definition) is 0. The second-order valence-corrected chi connectivity index (χ2v) is 3.82. The summed E-state index contributed by atoms with van der Waals surface area (Å²) < 4.78 is 5.86. The highest BCUT2D eigenvalue weighted by molar-refractivity contribution is 9.12. The first-order valence-corrected chi connectivity index (χ1v) is 4.51. The molecular weight excluding hydrogens is 220 g/mol. The average molecular weight is 231 g/mol. The van der Waals surface area contributed by atoms with Crippen molar-refractivity contribution in [3.8, 4) is 0 Å². The molecule has 1 rings (SSSR count). The van der Waals surface area contributed by atoms with E-state index in [0.29, 0.717) is 10.9 Å². The molecule has 3 heteroatoms. The van der Waals surface area contributed by atoms with Crippen molar-refractivity contribution in [2.24, 2.45) is 0 Å². The van der Waals surface area contributed by atoms with Crippen molar-refractivity contribution >= 4 is 21.7 Å². The highest BCUT2D eigenvalue weighted by Crippen LogP contribution is 2.23. The molecule has 0 saturated carbocycles. The molecule has 0 saturated heterocycles. The number of allylic oxidation sites excluding steroid dienone is 2. The summed E-state index contributed by atoms with van der Waals surface area (Å²) >= 11 is 3.19. The number of methoxy groups -OCH3 is 1. The second-order valence-electron chi connectivity index (χ2n) is 2.97. The minimum Gasteiger partial charge on any atom is -0.374 e. The Kier molecular flexibility index (Phi) is 2.85. The van der Waals surface area contributed by atoms with E-state index in [-0.39, 0.29) is 11.4 Å². The fourth-order valence-electron chi connectivity index (χ4n) is 0.944. The topological polar surface area (TPSA) is 26.3 Å². The van der Waals surface area contributed by atoms with E-state index in [2.05, 4.69) is 15.9 Å². The van der Waals surface area contributed by atoms with Gasteiger partial charge in [0, 0.05) is 7.11 Å². The van der Waals surface area contributed by atoms with Crippen molar-refractivity contribution < 1.29 is 9.53 Å². The van der Waals surface area contributed by atoms with Gasteiger partial charge in [0.05, 0.1) is 10.1 Å². The summed E-state index contributed by atoms with van der Waals surface area (Å²) in [5.41, 5.74) is -0.342. The Morgan fingerprint density at radius 3 is 2.92 bits per heavy atom.